The zero-order valence-corrected chi connectivity index (χ0v) is 23.7. The number of rotatable bonds is 11. The fourth-order valence-electron chi connectivity index (χ4n) is 4.64. The Labute approximate surface area is 227 Å². The molecule has 1 aliphatic rings. The van der Waals surface area contributed by atoms with Crippen LogP contribution in [0.3, 0.4) is 0 Å². The van der Waals surface area contributed by atoms with E-state index in [0.717, 1.165) is 47.9 Å². The van der Waals surface area contributed by atoms with Gasteiger partial charge >= 0.3 is 6.09 Å². The SMILES string of the molecule is CCCCNC(=O)C(c1cc(C)cc(C)c1)N(C(=O)C(Cc1ccccc1)NC(=O)OC(C)(C)C)C1CC1. The van der Waals surface area contributed by atoms with Gasteiger partial charge in [0, 0.05) is 19.0 Å². The minimum atomic E-state index is -0.885. The molecule has 0 aliphatic heterocycles. The molecule has 0 aromatic heterocycles. The Morgan fingerprint density at radius 3 is 2.21 bits per heavy atom. The molecule has 206 valence electrons. The molecule has 7 nitrogen and oxygen atoms in total. The van der Waals surface area contributed by atoms with Crippen LogP contribution >= 0.6 is 0 Å². The molecule has 1 saturated carbocycles. The van der Waals surface area contributed by atoms with Crippen molar-refractivity contribution in [2.45, 2.75) is 97.4 Å². The number of amides is 3. The second kappa shape index (κ2) is 12.9. The predicted molar refractivity (Wildman–Crippen MR) is 150 cm³/mol. The number of carbonyl (C=O) groups excluding carboxylic acids is 3. The van der Waals surface area contributed by atoms with Gasteiger partial charge in [0.05, 0.1) is 0 Å². The van der Waals surface area contributed by atoms with Crippen LogP contribution in [0.5, 0.6) is 0 Å². The summed E-state index contributed by atoms with van der Waals surface area (Å²) >= 11 is 0. The number of benzene rings is 2. The Morgan fingerprint density at radius 2 is 1.66 bits per heavy atom. The van der Waals surface area contributed by atoms with Crippen LogP contribution in [0.2, 0.25) is 0 Å². The molecule has 0 spiro atoms. The van der Waals surface area contributed by atoms with Crippen molar-refractivity contribution in [3.05, 3.63) is 70.8 Å². The van der Waals surface area contributed by atoms with Crippen LogP contribution in [-0.2, 0) is 20.7 Å². The summed E-state index contributed by atoms with van der Waals surface area (Å²) < 4.78 is 5.50. The Bertz CT molecular complexity index is 1090. The predicted octanol–water partition coefficient (Wildman–Crippen LogP) is 5.39. The monoisotopic (exact) mass is 521 g/mol. The van der Waals surface area contributed by atoms with Crippen molar-refractivity contribution in [1.82, 2.24) is 15.5 Å². The Kier molecular flexibility index (Phi) is 9.95. The summed E-state index contributed by atoms with van der Waals surface area (Å²) in [7, 11) is 0. The molecule has 0 bridgehead atoms. The number of aryl methyl sites for hydroxylation is 2. The highest BCUT2D eigenvalue weighted by atomic mass is 16.6. The van der Waals surface area contributed by atoms with Crippen LogP contribution < -0.4 is 10.6 Å². The van der Waals surface area contributed by atoms with Crippen LogP contribution in [0.1, 0.15) is 81.7 Å². The maximum atomic E-state index is 14.3. The van der Waals surface area contributed by atoms with Gasteiger partial charge in [0.2, 0.25) is 11.8 Å². The molecule has 2 aromatic rings. The van der Waals surface area contributed by atoms with Gasteiger partial charge in [-0.3, -0.25) is 9.59 Å². The number of ether oxygens (including phenoxy) is 1. The van der Waals surface area contributed by atoms with Crippen molar-refractivity contribution in [2.24, 2.45) is 0 Å². The second-order valence-corrected chi connectivity index (χ2v) is 11.3. The molecule has 3 rings (SSSR count). The van der Waals surface area contributed by atoms with Crippen LogP contribution in [0.4, 0.5) is 4.79 Å². The van der Waals surface area contributed by atoms with Gasteiger partial charge in [-0.2, -0.15) is 0 Å². The first-order valence-electron chi connectivity index (χ1n) is 13.7. The molecule has 7 heteroatoms. The first kappa shape index (κ1) is 29.2. The second-order valence-electron chi connectivity index (χ2n) is 11.3. The van der Waals surface area contributed by atoms with Gasteiger partial charge in [0.1, 0.15) is 17.7 Å². The lowest BCUT2D eigenvalue weighted by molar-refractivity contribution is -0.143. The lowest BCUT2D eigenvalue weighted by Crippen LogP contribution is -2.54. The minimum absolute atomic E-state index is 0.0658. The van der Waals surface area contributed by atoms with Gasteiger partial charge in [-0.1, -0.05) is 73.0 Å². The summed E-state index contributed by atoms with van der Waals surface area (Å²) in [6.45, 7) is 12.0. The summed E-state index contributed by atoms with van der Waals surface area (Å²) in [6, 6.07) is 13.9. The average molecular weight is 522 g/mol. The minimum Gasteiger partial charge on any atom is -0.444 e. The van der Waals surface area contributed by atoms with Crippen LogP contribution in [0.25, 0.3) is 0 Å². The normalized spacial score (nSPS) is 14.8. The topological polar surface area (TPSA) is 87.7 Å². The van der Waals surface area contributed by atoms with Gasteiger partial charge in [-0.05, 0) is 65.0 Å². The highest BCUT2D eigenvalue weighted by Crippen LogP contribution is 2.36. The molecular formula is C31H43N3O4. The first-order chi connectivity index (χ1) is 18.0. The number of hydrogen-bond donors (Lipinski definition) is 2. The molecule has 2 N–H and O–H groups in total. The van der Waals surface area contributed by atoms with E-state index >= 15 is 0 Å². The lowest BCUT2D eigenvalue weighted by Gasteiger charge is -2.35. The fourth-order valence-corrected chi connectivity index (χ4v) is 4.64. The standard InChI is InChI=1S/C31H43N3O4/c1-7-8-16-32-28(35)27(24-18-21(2)17-22(3)19-24)34(25-14-15-25)29(36)26(20-23-12-10-9-11-13-23)33-30(37)38-31(4,5)6/h9-13,17-19,25-27H,7-8,14-16,20H2,1-6H3,(H,32,35)(H,33,37). The van der Waals surface area contributed by atoms with Crippen LogP contribution in [0, 0.1) is 13.8 Å². The van der Waals surface area contributed by atoms with Crippen molar-refractivity contribution >= 4 is 17.9 Å². The van der Waals surface area contributed by atoms with E-state index in [1.165, 1.54) is 0 Å². The van der Waals surface area contributed by atoms with Crippen molar-refractivity contribution in [3.63, 3.8) is 0 Å². The lowest BCUT2D eigenvalue weighted by atomic mass is 9.97. The van der Waals surface area contributed by atoms with Crippen molar-refractivity contribution < 1.29 is 19.1 Å². The number of hydrogen-bond acceptors (Lipinski definition) is 4. The third-order valence-electron chi connectivity index (χ3n) is 6.38. The molecule has 2 atom stereocenters. The average Bonchev–Trinajstić information content (AvgIpc) is 3.65. The Morgan fingerprint density at radius 1 is 1.03 bits per heavy atom. The maximum Gasteiger partial charge on any atom is 0.408 e. The molecule has 0 saturated heterocycles. The Hall–Kier alpha value is -3.35. The molecule has 2 unspecified atom stereocenters. The molecule has 2 aromatic carbocycles. The van der Waals surface area contributed by atoms with E-state index < -0.39 is 23.8 Å². The zero-order chi connectivity index (χ0) is 27.9. The van der Waals surface area contributed by atoms with E-state index in [2.05, 4.69) is 23.6 Å². The van der Waals surface area contributed by atoms with E-state index in [0.29, 0.717) is 13.0 Å². The smallest absolute Gasteiger partial charge is 0.408 e. The number of nitrogens with one attached hydrogen (secondary N) is 2. The van der Waals surface area contributed by atoms with E-state index in [4.69, 9.17) is 4.74 Å². The number of unbranched alkanes of at least 4 members (excludes halogenated alkanes) is 1. The number of alkyl carbamates (subject to hydrolysis) is 1. The van der Waals surface area contributed by atoms with E-state index in [-0.39, 0.29) is 17.9 Å². The summed E-state index contributed by atoms with van der Waals surface area (Å²) in [6.07, 6.45) is 3.09. The van der Waals surface area contributed by atoms with E-state index in [9.17, 15) is 14.4 Å². The molecular weight excluding hydrogens is 478 g/mol. The summed E-state index contributed by atoms with van der Waals surface area (Å²) in [4.78, 5) is 42.6. The first-order valence-corrected chi connectivity index (χ1v) is 13.7. The third kappa shape index (κ3) is 8.61. The molecule has 3 amide bonds. The highest BCUT2D eigenvalue weighted by molar-refractivity contribution is 5.92. The number of carbonyl (C=O) groups is 3. The fraction of sp³-hybridized carbons (Fsp3) is 0.516. The molecule has 38 heavy (non-hydrogen) atoms. The van der Waals surface area contributed by atoms with Gasteiger partial charge in [-0.15, -0.1) is 0 Å². The van der Waals surface area contributed by atoms with Crippen LogP contribution in [0.15, 0.2) is 48.5 Å². The third-order valence-corrected chi connectivity index (χ3v) is 6.38. The van der Waals surface area contributed by atoms with Gasteiger partial charge < -0.3 is 20.3 Å². The van der Waals surface area contributed by atoms with Crippen LogP contribution in [-0.4, -0.2) is 47.0 Å². The van der Waals surface area contributed by atoms with Crippen molar-refractivity contribution in [1.29, 1.82) is 0 Å². The Balaban J connectivity index is 2.00. The zero-order valence-electron chi connectivity index (χ0n) is 23.7. The molecule has 1 aliphatic carbocycles. The van der Waals surface area contributed by atoms with E-state index in [1.807, 2.05) is 56.3 Å². The quantitative estimate of drug-likeness (QED) is 0.388. The molecule has 0 heterocycles. The van der Waals surface area contributed by atoms with Gasteiger partial charge in [0.15, 0.2) is 0 Å². The summed E-state index contributed by atoms with van der Waals surface area (Å²) in [5, 5.41) is 5.88. The summed E-state index contributed by atoms with van der Waals surface area (Å²) in [5.74, 6) is -0.476. The number of nitrogens with zero attached hydrogens (tertiary/aromatic N) is 1. The summed E-state index contributed by atoms with van der Waals surface area (Å²) in [5.41, 5.74) is 3.05. The maximum absolute atomic E-state index is 14.3. The highest BCUT2D eigenvalue weighted by Gasteiger charge is 2.44. The van der Waals surface area contributed by atoms with Gasteiger partial charge in [-0.25, -0.2) is 4.79 Å². The van der Waals surface area contributed by atoms with Gasteiger partial charge in [0.25, 0.3) is 0 Å². The van der Waals surface area contributed by atoms with Crippen molar-refractivity contribution in [3.8, 4) is 0 Å². The van der Waals surface area contributed by atoms with E-state index in [1.54, 1.807) is 25.7 Å². The molecule has 0 radical (unpaired) electrons. The molecule has 1 fully saturated rings. The largest absolute Gasteiger partial charge is 0.444 e. The van der Waals surface area contributed by atoms with Crippen molar-refractivity contribution in [2.75, 3.05) is 6.54 Å².